The molecule has 0 aromatic rings. The molecule has 0 N–H and O–H groups in total. The summed E-state index contributed by atoms with van der Waals surface area (Å²) in [5.74, 6) is 0.891. The van der Waals surface area contributed by atoms with E-state index in [9.17, 15) is 8.78 Å². The molecule has 1 atom stereocenters. The SMILES string of the molecule is CCSSC(C)C(F)F. The van der Waals surface area contributed by atoms with Crippen LogP contribution in [0.25, 0.3) is 0 Å². The van der Waals surface area contributed by atoms with Crippen molar-refractivity contribution in [3.05, 3.63) is 0 Å². The number of hydrogen-bond acceptors (Lipinski definition) is 2. The van der Waals surface area contributed by atoms with Crippen LogP contribution in [0.2, 0.25) is 0 Å². The maximum atomic E-state index is 11.7. The van der Waals surface area contributed by atoms with Gasteiger partial charge in [0.05, 0.1) is 5.25 Å². The average molecular weight is 172 g/mol. The second-order valence-electron chi connectivity index (χ2n) is 1.54. The minimum atomic E-state index is -2.19. The zero-order chi connectivity index (χ0) is 7.28. The van der Waals surface area contributed by atoms with Gasteiger partial charge in [-0.25, -0.2) is 8.78 Å². The quantitative estimate of drug-likeness (QED) is 0.598. The smallest absolute Gasteiger partial charge is 0.209 e. The molecule has 0 saturated carbocycles. The average Bonchev–Trinajstić information content (AvgIpc) is 1.82. The van der Waals surface area contributed by atoms with Crippen molar-refractivity contribution < 1.29 is 8.78 Å². The summed E-state index contributed by atoms with van der Waals surface area (Å²) in [6.07, 6.45) is -2.19. The van der Waals surface area contributed by atoms with Gasteiger partial charge in [0.25, 0.3) is 6.43 Å². The van der Waals surface area contributed by atoms with Crippen LogP contribution >= 0.6 is 21.6 Å². The van der Waals surface area contributed by atoms with Gasteiger partial charge in [0, 0.05) is 5.75 Å². The largest absolute Gasteiger partial charge is 0.250 e. The molecule has 1 unspecified atom stereocenters. The van der Waals surface area contributed by atoms with E-state index in [1.54, 1.807) is 0 Å². The molecule has 0 aliphatic carbocycles. The normalized spacial score (nSPS) is 14.3. The van der Waals surface area contributed by atoms with Gasteiger partial charge in [-0.15, -0.1) is 0 Å². The van der Waals surface area contributed by atoms with Gasteiger partial charge in [-0.1, -0.05) is 28.5 Å². The molecule has 0 aromatic heterocycles. The van der Waals surface area contributed by atoms with E-state index in [2.05, 4.69) is 0 Å². The molecular weight excluding hydrogens is 162 g/mol. The minimum Gasteiger partial charge on any atom is -0.209 e. The van der Waals surface area contributed by atoms with E-state index in [1.807, 2.05) is 6.92 Å². The maximum absolute atomic E-state index is 11.7. The van der Waals surface area contributed by atoms with E-state index in [4.69, 9.17) is 0 Å². The monoisotopic (exact) mass is 172 g/mol. The van der Waals surface area contributed by atoms with Crippen molar-refractivity contribution in [1.29, 1.82) is 0 Å². The van der Waals surface area contributed by atoms with E-state index in [0.717, 1.165) is 5.75 Å². The van der Waals surface area contributed by atoms with Gasteiger partial charge < -0.3 is 0 Å². The van der Waals surface area contributed by atoms with Crippen molar-refractivity contribution in [3.63, 3.8) is 0 Å². The molecule has 0 saturated heterocycles. The van der Waals surface area contributed by atoms with Crippen molar-refractivity contribution in [2.45, 2.75) is 25.5 Å². The van der Waals surface area contributed by atoms with Crippen LogP contribution in [0.4, 0.5) is 8.78 Å². The highest BCUT2D eigenvalue weighted by atomic mass is 33.1. The summed E-state index contributed by atoms with van der Waals surface area (Å²) in [4.78, 5) is 0. The highest BCUT2D eigenvalue weighted by Crippen LogP contribution is 2.29. The Hall–Kier alpha value is 0.560. The lowest BCUT2D eigenvalue weighted by molar-refractivity contribution is 0.150. The predicted molar refractivity (Wildman–Crippen MR) is 41.2 cm³/mol. The van der Waals surface area contributed by atoms with E-state index >= 15 is 0 Å². The Morgan fingerprint density at radius 1 is 1.44 bits per heavy atom. The summed E-state index contributed by atoms with van der Waals surface area (Å²) in [6.45, 7) is 3.49. The molecule has 0 fully saturated rings. The van der Waals surface area contributed by atoms with Crippen LogP contribution in [0.3, 0.4) is 0 Å². The summed E-state index contributed by atoms with van der Waals surface area (Å²) in [7, 11) is 2.73. The predicted octanol–water partition coefficient (Wildman–Crippen LogP) is 3.04. The number of rotatable bonds is 4. The molecule has 0 rings (SSSR count). The van der Waals surface area contributed by atoms with Gasteiger partial charge in [0.2, 0.25) is 0 Å². The molecule has 0 heterocycles. The van der Waals surface area contributed by atoms with Gasteiger partial charge in [-0.2, -0.15) is 0 Å². The molecule has 0 amide bonds. The van der Waals surface area contributed by atoms with Crippen LogP contribution in [0.5, 0.6) is 0 Å². The van der Waals surface area contributed by atoms with Crippen LogP contribution in [0.1, 0.15) is 13.8 Å². The van der Waals surface area contributed by atoms with E-state index < -0.39 is 11.7 Å². The standard InChI is InChI=1S/C5H10F2S2/c1-3-8-9-4(2)5(6)7/h4-5H,3H2,1-2H3. The van der Waals surface area contributed by atoms with E-state index in [0.29, 0.717) is 0 Å². The summed E-state index contributed by atoms with van der Waals surface area (Å²) >= 11 is 0. The van der Waals surface area contributed by atoms with E-state index in [1.165, 1.54) is 28.5 Å². The second-order valence-corrected chi connectivity index (χ2v) is 4.58. The first-order chi connectivity index (χ1) is 4.18. The van der Waals surface area contributed by atoms with Crippen LogP contribution < -0.4 is 0 Å². The first kappa shape index (κ1) is 9.56. The molecule has 0 aromatic carbocycles. The fourth-order valence-electron chi connectivity index (χ4n) is 0.217. The molecule has 9 heavy (non-hydrogen) atoms. The van der Waals surface area contributed by atoms with Gasteiger partial charge >= 0.3 is 0 Å². The van der Waals surface area contributed by atoms with Crippen molar-refractivity contribution >= 4 is 21.6 Å². The van der Waals surface area contributed by atoms with Gasteiger partial charge in [-0.05, 0) is 6.92 Å². The number of alkyl halides is 2. The molecule has 0 bridgehead atoms. The van der Waals surface area contributed by atoms with Crippen LogP contribution in [0.15, 0.2) is 0 Å². The van der Waals surface area contributed by atoms with Gasteiger partial charge in [-0.3, -0.25) is 0 Å². The molecule has 56 valence electrons. The maximum Gasteiger partial charge on any atom is 0.250 e. The minimum absolute atomic E-state index is 0.532. The number of hydrogen-bond donors (Lipinski definition) is 0. The fourth-order valence-corrected chi connectivity index (χ4v) is 1.96. The Morgan fingerprint density at radius 3 is 2.33 bits per heavy atom. The van der Waals surface area contributed by atoms with Gasteiger partial charge in [0.15, 0.2) is 0 Å². The third kappa shape index (κ3) is 5.03. The Kier molecular flexibility index (Phi) is 5.69. The zero-order valence-electron chi connectivity index (χ0n) is 5.43. The Balaban J connectivity index is 3.16. The highest BCUT2D eigenvalue weighted by molar-refractivity contribution is 8.76. The molecular formula is C5H10F2S2. The lowest BCUT2D eigenvalue weighted by Gasteiger charge is -2.06. The topological polar surface area (TPSA) is 0 Å². The Bertz CT molecular complexity index is 68.0. The molecule has 0 nitrogen and oxygen atoms in total. The molecule has 4 heteroatoms. The molecule has 0 spiro atoms. The van der Waals surface area contributed by atoms with Crippen molar-refractivity contribution in [2.24, 2.45) is 0 Å². The van der Waals surface area contributed by atoms with Crippen LogP contribution in [0, 0.1) is 0 Å². The third-order valence-corrected chi connectivity index (χ3v) is 3.60. The summed E-state index contributed by atoms with van der Waals surface area (Å²) < 4.78 is 23.4. The molecule has 0 aliphatic rings. The second kappa shape index (κ2) is 5.35. The van der Waals surface area contributed by atoms with Crippen molar-refractivity contribution in [3.8, 4) is 0 Å². The van der Waals surface area contributed by atoms with Crippen LogP contribution in [-0.4, -0.2) is 17.4 Å². The van der Waals surface area contributed by atoms with Crippen molar-refractivity contribution in [2.75, 3.05) is 5.75 Å². The van der Waals surface area contributed by atoms with Crippen LogP contribution in [-0.2, 0) is 0 Å². The molecule has 0 aliphatic heterocycles. The number of halogens is 2. The molecule has 0 radical (unpaired) electrons. The third-order valence-electron chi connectivity index (χ3n) is 0.693. The lowest BCUT2D eigenvalue weighted by atomic mass is 10.5. The summed E-state index contributed by atoms with van der Waals surface area (Å²) in [5.41, 5.74) is 0. The van der Waals surface area contributed by atoms with E-state index in [-0.39, 0.29) is 0 Å². The lowest BCUT2D eigenvalue weighted by Crippen LogP contribution is -2.06. The Labute approximate surface area is 62.2 Å². The zero-order valence-corrected chi connectivity index (χ0v) is 7.07. The fraction of sp³-hybridized carbons (Fsp3) is 1.00. The van der Waals surface area contributed by atoms with Crippen molar-refractivity contribution in [1.82, 2.24) is 0 Å². The summed E-state index contributed by atoms with van der Waals surface area (Å²) in [5, 5.41) is -0.532. The highest BCUT2D eigenvalue weighted by Gasteiger charge is 2.13. The first-order valence-corrected chi connectivity index (χ1v) is 5.13. The first-order valence-electron chi connectivity index (χ1n) is 2.75. The Morgan fingerprint density at radius 2 is 2.00 bits per heavy atom. The van der Waals surface area contributed by atoms with Gasteiger partial charge in [0.1, 0.15) is 0 Å². The summed E-state index contributed by atoms with van der Waals surface area (Å²) in [6, 6.07) is 0.